The smallest absolute Gasteiger partial charge is 0.123 e. The van der Waals surface area contributed by atoms with Crippen LogP contribution in [0.1, 0.15) is 31.2 Å². The van der Waals surface area contributed by atoms with E-state index in [1.807, 2.05) is 6.20 Å². The van der Waals surface area contributed by atoms with Gasteiger partial charge in [-0.05, 0) is 24.4 Å². The molecule has 2 aromatic rings. The monoisotopic (exact) mass is 274 g/mol. The van der Waals surface area contributed by atoms with Crippen LogP contribution in [0.25, 0.3) is 10.6 Å². The molecule has 2 rings (SSSR count). The van der Waals surface area contributed by atoms with Crippen LogP contribution in [0.15, 0.2) is 30.5 Å². The summed E-state index contributed by atoms with van der Waals surface area (Å²) >= 11 is 1.77. The minimum absolute atomic E-state index is 0.706. The van der Waals surface area contributed by atoms with Crippen molar-refractivity contribution in [1.82, 2.24) is 10.3 Å². The normalized spacial score (nSPS) is 11.2. The van der Waals surface area contributed by atoms with Gasteiger partial charge in [-0.1, -0.05) is 45.0 Å². The third-order valence-corrected chi connectivity index (χ3v) is 3.99. The third kappa shape index (κ3) is 4.15. The van der Waals surface area contributed by atoms with E-state index in [1.165, 1.54) is 16.0 Å². The van der Waals surface area contributed by atoms with Crippen molar-refractivity contribution in [2.24, 2.45) is 5.92 Å². The molecule has 0 saturated heterocycles. The maximum absolute atomic E-state index is 4.51. The Hall–Kier alpha value is -1.19. The lowest BCUT2D eigenvalue weighted by Crippen LogP contribution is -2.10. The van der Waals surface area contributed by atoms with Gasteiger partial charge >= 0.3 is 0 Å². The van der Waals surface area contributed by atoms with Crippen LogP contribution in [0.3, 0.4) is 0 Å². The molecule has 1 aromatic carbocycles. The SMILES string of the molecule is CCNCc1cnc(-c2ccc(CC(C)C)cc2)s1. The summed E-state index contributed by atoms with van der Waals surface area (Å²) in [5.74, 6) is 0.706. The largest absolute Gasteiger partial charge is 0.312 e. The molecular weight excluding hydrogens is 252 g/mol. The van der Waals surface area contributed by atoms with Crippen molar-refractivity contribution in [1.29, 1.82) is 0 Å². The van der Waals surface area contributed by atoms with Crippen LogP contribution in [-0.2, 0) is 13.0 Å². The molecule has 0 aliphatic heterocycles. The van der Waals surface area contributed by atoms with Gasteiger partial charge in [0, 0.05) is 23.2 Å². The quantitative estimate of drug-likeness (QED) is 0.857. The van der Waals surface area contributed by atoms with E-state index in [-0.39, 0.29) is 0 Å². The van der Waals surface area contributed by atoms with Gasteiger partial charge in [0.05, 0.1) is 0 Å². The van der Waals surface area contributed by atoms with E-state index >= 15 is 0 Å². The van der Waals surface area contributed by atoms with Crippen LogP contribution in [0.2, 0.25) is 0 Å². The average Bonchev–Trinajstić information content (AvgIpc) is 2.85. The van der Waals surface area contributed by atoms with Crippen LogP contribution < -0.4 is 5.32 Å². The van der Waals surface area contributed by atoms with Gasteiger partial charge in [-0.15, -0.1) is 11.3 Å². The van der Waals surface area contributed by atoms with E-state index in [2.05, 4.69) is 55.3 Å². The minimum atomic E-state index is 0.706. The Morgan fingerprint density at radius 1 is 1.21 bits per heavy atom. The maximum Gasteiger partial charge on any atom is 0.123 e. The zero-order chi connectivity index (χ0) is 13.7. The Morgan fingerprint density at radius 2 is 1.95 bits per heavy atom. The highest BCUT2D eigenvalue weighted by Gasteiger charge is 2.05. The van der Waals surface area contributed by atoms with E-state index in [1.54, 1.807) is 11.3 Å². The molecule has 0 spiro atoms. The number of hydrogen-bond donors (Lipinski definition) is 1. The molecule has 0 amide bonds. The fourth-order valence-corrected chi connectivity index (χ4v) is 2.91. The minimum Gasteiger partial charge on any atom is -0.312 e. The number of nitrogens with zero attached hydrogens (tertiary/aromatic N) is 1. The second-order valence-corrected chi connectivity index (χ2v) is 6.32. The van der Waals surface area contributed by atoms with Gasteiger partial charge in [0.1, 0.15) is 5.01 Å². The van der Waals surface area contributed by atoms with E-state index in [0.29, 0.717) is 5.92 Å². The first-order valence-corrected chi connectivity index (χ1v) is 7.75. The van der Waals surface area contributed by atoms with Crippen molar-refractivity contribution in [3.05, 3.63) is 40.9 Å². The Kier molecular flexibility index (Phi) is 5.11. The molecule has 0 saturated carbocycles. The van der Waals surface area contributed by atoms with Crippen LogP contribution in [-0.4, -0.2) is 11.5 Å². The zero-order valence-corrected chi connectivity index (χ0v) is 12.8. The molecule has 19 heavy (non-hydrogen) atoms. The number of thiazole rings is 1. The molecule has 0 aliphatic rings. The molecule has 1 N–H and O–H groups in total. The van der Waals surface area contributed by atoms with Gasteiger partial charge in [-0.25, -0.2) is 4.98 Å². The second kappa shape index (κ2) is 6.83. The highest BCUT2D eigenvalue weighted by Crippen LogP contribution is 2.25. The van der Waals surface area contributed by atoms with E-state index < -0.39 is 0 Å². The first kappa shape index (κ1) is 14.2. The fraction of sp³-hybridized carbons (Fsp3) is 0.438. The van der Waals surface area contributed by atoms with Gasteiger partial charge in [-0.3, -0.25) is 0 Å². The average molecular weight is 274 g/mol. The first-order valence-electron chi connectivity index (χ1n) is 6.93. The molecular formula is C16H22N2S. The van der Waals surface area contributed by atoms with Crippen molar-refractivity contribution >= 4 is 11.3 Å². The van der Waals surface area contributed by atoms with Crippen molar-refractivity contribution < 1.29 is 0 Å². The van der Waals surface area contributed by atoms with Gasteiger partial charge in [-0.2, -0.15) is 0 Å². The number of rotatable bonds is 6. The van der Waals surface area contributed by atoms with Crippen molar-refractivity contribution in [2.75, 3.05) is 6.54 Å². The van der Waals surface area contributed by atoms with Crippen molar-refractivity contribution in [2.45, 2.75) is 33.7 Å². The Balaban J connectivity index is 2.07. The molecule has 0 bridgehead atoms. The summed E-state index contributed by atoms with van der Waals surface area (Å²) in [7, 11) is 0. The molecule has 3 heteroatoms. The number of benzene rings is 1. The molecule has 1 heterocycles. The summed E-state index contributed by atoms with van der Waals surface area (Å²) in [6, 6.07) is 8.82. The molecule has 102 valence electrons. The summed E-state index contributed by atoms with van der Waals surface area (Å²) in [5.41, 5.74) is 2.63. The fourth-order valence-electron chi connectivity index (χ4n) is 2.03. The van der Waals surface area contributed by atoms with Gasteiger partial charge in [0.25, 0.3) is 0 Å². The topological polar surface area (TPSA) is 24.9 Å². The van der Waals surface area contributed by atoms with E-state index in [0.717, 1.165) is 24.5 Å². The number of nitrogens with one attached hydrogen (secondary N) is 1. The summed E-state index contributed by atoms with van der Waals surface area (Å²) in [5, 5.41) is 4.45. The first-order chi connectivity index (χ1) is 9.19. The molecule has 0 radical (unpaired) electrons. The van der Waals surface area contributed by atoms with Crippen molar-refractivity contribution in [3.8, 4) is 10.6 Å². The highest BCUT2D eigenvalue weighted by molar-refractivity contribution is 7.15. The molecule has 0 atom stereocenters. The number of aromatic nitrogens is 1. The number of hydrogen-bond acceptors (Lipinski definition) is 3. The van der Waals surface area contributed by atoms with Crippen LogP contribution in [0.5, 0.6) is 0 Å². The van der Waals surface area contributed by atoms with Crippen molar-refractivity contribution in [3.63, 3.8) is 0 Å². The Labute approximate surface area is 119 Å². The van der Waals surface area contributed by atoms with E-state index in [9.17, 15) is 0 Å². The molecule has 2 nitrogen and oxygen atoms in total. The Morgan fingerprint density at radius 3 is 2.58 bits per heavy atom. The second-order valence-electron chi connectivity index (χ2n) is 5.21. The molecule has 0 unspecified atom stereocenters. The lowest BCUT2D eigenvalue weighted by molar-refractivity contribution is 0.647. The van der Waals surface area contributed by atoms with E-state index in [4.69, 9.17) is 0 Å². The summed E-state index contributed by atoms with van der Waals surface area (Å²) < 4.78 is 0. The molecule has 0 fully saturated rings. The van der Waals surface area contributed by atoms with Crippen LogP contribution in [0.4, 0.5) is 0 Å². The standard InChI is InChI=1S/C16H22N2S/c1-4-17-10-15-11-18-16(19-15)14-7-5-13(6-8-14)9-12(2)3/h5-8,11-12,17H,4,9-10H2,1-3H3. The summed E-state index contributed by atoms with van der Waals surface area (Å²) in [6.07, 6.45) is 3.12. The molecule has 0 aliphatic carbocycles. The maximum atomic E-state index is 4.51. The third-order valence-electron chi connectivity index (χ3n) is 2.95. The van der Waals surface area contributed by atoms with Gasteiger partial charge in [0.2, 0.25) is 0 Å². The van der Waals surface area contributed by atoms with Crippen LogP contribution >= 0.6 is 11.3 Å². The summed E-state index contributed by atoms with van der Waals surface area (Å²) in [6.45, 7) is 8.54. The predicted octanol–water partition coefficient (Wildman–Crippen LogP) is 4.12. The van der Waals surface area contributed by atoms with Gasteiger partial charge < -0.3 is 5.32 Å². The zero-order valence-electron chi connectivity index (χ0n) is 11.9. The summed E-state index contributed by atoms with van der Waals surface area (Å²) in [4.78, 5) is 5.80. The highest BCUT2D eigenvalue weighted by atomic mass is 32.1. The predicted molar refractivity (Wildman–Crippen MR) is 83.5 cm³/mol. The lowest BCUT2D eigenvalue weighted by Gasteiger charge is -2.05. The molecule has 1 aromatic heterocycles. The van der Waals surface area contributed by atoms with Gasteiger partial charge in [0.15, 0.2) is 0 Å². The lowest BCUT2D eigenvalue weighted by atomic mass is 10.0. The van der Waals surface area contributed by atoms with Crippen LogP contribution in [0, 0.1) is 5.92 Å². The Bertz CT molecular complexity index is 500.